The molecule has 0 spiro atoms. The van der Waals surface area contributed by atoms with Gasteiger partial charge in [-0.3, -0.25) is 0 Å². The molecule has 1 heterocycles. The number of imidazole rings is 1. The molecule has 0 unspecified atom stereocenters. The van der Waals surface area contributed by atoms with Crippen LogP contribution in [0.5, 0.6) is 0 Å². The molecule has 0 fully saturated rings. The van der Waals surface area contributed by atoms with Crippen LogP contribution in [0.4, 0.5) is 10.3 Å². The lowest BCUT2D eigenvalue weighted by molar-refractivity contribution is 0.549. The molecule has 0 aliphatic heterocycles. The molecule has 0 atom stereocenters. The number of hydrogen-bond donors (Lipinski definition) is 1. The first-order valence-electron chi connectivity index (χ1n) is 6.72. The summed E-state index contributed by atoms with van der Waals surface area (Å²) in [6, 6.07) is 13.2. The van der Waals surface area contributed by atoms with Gasteiger partial charge in [0.15, 0.2) is 0 Å². The van der Waals surface area contributed by atoms with E-state index in [1.165, 1.54) is 23.3 Å². The Morgan fingerprint density at radius 3 is 2.50 bits per heavy atom. The maximum atomic E-state index is 13.5. The third-order valence-corrected chi connectivity index (χ3v) is 4.07. The normalized spacial score (nSPS) is 14.8. The summed E-state index contributed by atoms with van der Waals surface area (Å²) in [4.78, 5) is 4.34. The number of nitrogen functional groups attached to an aromatic ring is 1. The Kier molecular flexibility index (Phi) is 2.33. The molecule has 0 saturated heterocycles. The van der Waals surface area contributed by atoms with Crippen LogP contribution >= 0.6 is 0 Å². The Labute approximate surface area is 115 Å². The Balaban J connectivity index is 1.84. The van der Waals surface area contributed by atoms with Gasteiger partial charge in [-0.05, 0) is 42.2 Å². The van der Waals surface area contributed by atoms with Crippen molar-refractivity contribution in [1.29, 1.82) is 0 Å². The molecule has 1 aliphatic carbocycles. The monoisotopic (exact) mass is 267 g/mol. The first kappa shape index (κ1) is 11.5. The molecule has 0 radical (unpaired) electrons. The number of anilines is 1. The largest absolute Gasteiger partial charge is 0.369 e. The van der Waals surface area contributed by atoms with Gasteiger partial charge >= 0.3 is 0 Å². The van der Waals surface area contributed by atoms with Crippen LogP contribution in [0.15, 0.2) is 42.5 Å². The van der Waals surface area contributed by atoms with Crippen LogP contribution in [0.3, 0.4) is 0 Å². The fourth-order valence-electron chi connectivity index (χ4n) is 3.19. The van der Waals surface area contributed by atoms with Crippen molar-refractivity contribution in [2.45, 2.75) is 18.9 Å². The number of benzene rings is 2. The van der Waals surface area contributed by atoms with Crippen molar-refractivity contribution in [1.82, 2.24) is 9.55 Å². The summed E-state index contributed by atoms with van der Waals surface area (Å²) in [7, 11) is 0. The highest BCUT2D eigenvalue weighted by Crippen LogP contribution is 2.34. The van der Waals surface area contributed by atoms with E-state index in [0.717, 1.165) is 23.9 Å². The molecule has 1 aliphatic rings. The second kappa shape index (κ2) is 4.07. The van der Waals surface area contributed by atoms with Crippen molar-refractivity contribution in [3.63, 3.8) is 0 Å². The van der Waals surface area contributed by atoms with Gasteiger partial charge in [-0.1, -0.05) is 24.3 Å². The topological polar surface area (TPSA) is 43.8 Å². The second-order valence-electron chi connectivity index (χ2n) is 5.30. The molecule has 0 amide bonds. The molecule has 3 nitrogen and oxygen atoms in total. The molecule has 1 aromatic heterocycles. The van der Waals surface area contributed by atoms with E-state index < -0.39 is 0 Å². The minimum absolute atomic E-state index is 0.221. The van der Waals surface area contributed by atoms with Crippen molar-refractivity contribution in [2.75, 3.05) is 5.73 Å². The van der Waals surface area contributed by atoms with E-state index in [2.05, 4.69) is 29.2 Å². The molecule has 20 heavy (non-hydrogen) atoms. The lowest BCUT2D eigenvalue weighted by Crippen LogP contribution is -2.12. The van der Waals surface area contributed by atoms with Gasteiger partial charge in [0.2, 0.25) is 5.95 Å². The number of aromatic nitrogens is 2. The lowest BCUT2D eigenvalue weighted by Gasteiger charge is -2.14. The third-order valence-electron chi connectivity index (χ3n) is 4.07. The van der Waals surface area contributed by atoms with Crippen LogP contribution in [-0.2, 0) is 12.8 Å². The van der Waals surface area contributed by atoms with Gasteiger partial charge < -0.3 is 10.3 Å². The zero-order chi connectivity index (χ0) is 13.7. The van der Waals surface area contributed by atoms with E-state index in [1.807, 2.05) is 4.57 Å². The number of halogens is 1. The van der Waals surface area contributed by atoms with Crippen molar-refractivity contribution in [3.8, 4) is 0 Å². The van der Waals surface area contributed by atoms with Crippen LogP contribution in [0.1, 0.15) is 17.2 Å². The van der Waals surface area contributed by atoms with E-state index in [4.69, 9.17) is 5.73 Å². The van der Waals surface area contributed by atoms with E-state index >= 15 is 0 Å². The first-order valence-corrected chi connectivity index (χ1v) is 6.72. The Bertz CT molecular complexity index is 782. The van der Waals surface area contributed by atoms with Crippen LogP contribution in [-0.4, -0.2) is 9.55 Å². The predicted molar refractivity (Wildman–Crippen MR) is 77.0 cm³/mol. The van der Waals surface area contributed by atoms with Crippen molar-refractivity contribution in [2.24, 2.45) is 0 Å². The predicted octanol–water partition coefficient (Wildman–Crippen LogP) is 3.10. The summed E-state index contributed by atoms with van der Waals surface area (Å²) in [6.07, 6.45) is 1.84. The van der Waals surface area contributed by atoms with Gasteiger partial charge in [0.25, 0.3) is 0 Å². The van der Waals surface area contributed by atoms with Gasteiger partial charge in [-0.2, -0.15) is 0 Å². The fourth-order valence-corrected chi connectivity index (χ4v) is 3.19. The minimum atomic E-state index is -0.255. The molecule has 2 N–H and O–H groups in total. The fraction of sp³-hybridized carbons (Fsp3) is 0.188. The highest BCUT2D eigenvalue weighted by atomic mass is 19.1. The van der Waals surface area contributed by atoms with E-state index in [9.17, 15) is 4.39 Å². The van der Waals surface area contributed by atoms with Crippen LogP contribution in [0.25, 0.3) is 11.0 Å². The van der Waals surface area contributed by atoms with Gasteiger partial charge in [0.1, 0.15) is 5.82 Å². The van der Waals surface area contributed by atoms with Crippen LogP contribution < -0.4 is 5.73 Å². The van der Waals surface area contributed by atoms with E-state index in [-0.39, 0.29) is 11.9 Å². The smallest absolute Gasteiger partial charge is 0.201 e. The van der Waals surface area contributed by atoms with Gasteiger partial charge in [-0.25, -0.2) is 9.37 Å². The van der Waals surface area contributed by atoms with E-state index in [1.54, 1.807) is 6.07 Å². The summed E-state index contributed by atoms with van der Waals surface area (Å²) < 4.78 is 15.5. The minimum Gasteiger partial charge on any atom is -0.369 e. The lowest BCUT2D eigenvalue weighted by atomic mass is 10.1. The molecule has 0 bridgehead atoms. The molecular weight excluding hydrogens is 253 g/mol. The van der Waals surface area contributed by atoms with Crippen molar-refractivity contribution >= 4 is 17.0 Å². The Hall–Kier alpha value is -2.36. The van der Waals surface area contributed by atoms with Crippen molar-refractivity contribution in [3.05, 3.63) is 59.4 Å². The number of nitrogens with two attached hydrogens (primary N) is 1. The Morgan fingerprint density at radius 1 is 1.10 bits per heavy atom. The summed E-state index contributed by atoms with van der Waals surface area (Å²) in [5.41, 5.74) is 10.3. The number of fused-ring (bicyclic) bond motifs is 2. The van der Waals surface area contributed by atoms with Crippen LogP contribution in [0, 0.1) is 5.82 Å². The maximum absolute atomic E-state index is 13.5. The van der Waals surface area contributed by atoms with E-state index in [0.29, 0.717) is 5.95 Å². The molecule has 4 rings (SSSR count). The molecule has 0 saturated carbocycles. The number of nitrogens with zero attached hydrogens (tertiary/aromatic N) is 2. The van der Waals surface area contributed by atoms with Gasteiger partial charge in [0.05, 0.1) is 11.0 Å². The average molecular weight is 267 g/mol. The molecule has 2 aromatic carbocycles. The molecule has 100 valence electrons. The van der Waals surface area contributed by atoms with Gasteiger partial charge in [0, 0.05) is 6.04 Å². The SMILES string of the molecule is Nc1nc2ccc(F)cc2n1C1Cc2ccccc2C1. The Morgan fingerprint density at radius 2 is 1.80 bits per heavy atom. The average Bonchev–Trinajstić information content (AvgIpc) is 2.97. The summed E-state index contributed by atoms with van der Waals surface area (Å²) in [5, 5.41) is 0. The summed E-state index contributed by atoms with van der Waals surface area (Å²) in [6.45, 7) is 0. The number of hydrogen-bond acceptors (Lipinski definition) is 2. The van der Waals surface area contributed by atoms with Crippen LogP contribution in [0.2, 0.25) is 0 Å². The quantitative estimate of drug-likeness (QED) is 0.736. The summed E-state index contributed by atoms with van der Waals surface area (Å²) >= 11 is 0. The summed E-state index contributed by atoms with van der Waals surface area (Å²) in [5.74, 6) is 0.206. The molecular formula is C16H14FN3. The third kappa shape index (κ3) is 1.61. The standard InChI is InChI=1S/C16H14FN3/c17-12-5-6-14-15(9-12)20(16(18)19-14)13-7-10-3-1-2-4-11(10)8-13/h1-6,9,13H,7-8H2,(H2,18,19). The van der Waals surface area contributed by atoms with Gasteiger partial charge in [-0.15, -0.1) is 0 Å². The first-order chi connectivity index (χ1) is 9.72. The second-order valence-corrected chi connectivity index (χ2v) is 5.30. The zero-order valence-corrected chi connectivity index (χ0v) is 10.9. The molecule has 3 aromatic rings. The highest BCUT2D eigenvalue weighted by molar-refractivity contribution is 5.78. The highest BCUT2D eigenvalue weighted by Gasteiger charge is 2.25. The number of rotatable bonds is 1. The maximum Gasteiger partial charge on any atom is 0.201 e. The van der Waals surface area contributed by atoms with Crippen molar-refractivity contribution < 1.29 is 4.39 Å². The zero-order valence-electron chi connectivity index (χ0n) is 10.9. The molecule has 4 heteroatoms.